The molecule has 0 saturated carbocycles. The van der Waals surface area contributed by atoms with Crippen molar-refractivity contribution in [2.75, 3.05) is 13.4 Å². The summed E-state index contributed by atoms with van der Waals surface area (Å²) in [7, 11) is 0. The summed E-state index contributed by atoms with van der Waals surface area (Å²) in [5.41, 5.74) is 3.73. The highest BCUT2D eigenvalue weighted by molar-refractivity contribution is 9.10. The Labute approximate surface area is 195 Å². The van der Waals surface area contributed by atoms with Crippen molar-refractivity contribution in [2.24, 2.45) is 4.99 Å². The summed E-state index contributed by atoms with van der Waals surface area (Å²) in [6.07, 6.45) is 0.341. The van der Waals surface area contributed by atoms with Crippen LogP contribution in [0.1, 0.15) is 42.2 Å². The van der Waals surface area contributed by atoms with Gasteiger partial charge in [-0.3, -0.25) is 10.3 Å². The number of hydrogen-bond acceptors (Lipinski definition) is 6. The fourth-order valence-electron chi connectivity index (χ4n) is 4.07. The molecule has 0 saturated heterocycles. The van der Waals surface area contributed by atoms with Crippen LogP contribution in [0.3, 0.4) is 0 Å². The molecule has 5 rings (SSSR count). The highest BCUT2D eigenvalue weighted by Crippen LogP contribution is 2.40. The number of rotatable bonds is 5. The fourth-order valence-corrected chi connectivity index (χ4v) is 4.33. The van der Waals surface area contributed by atoms with Crippen LogP contribution < -0.4 is 19.5 Å². The molecule has 2 N–H and O–H groups in total. The van der Waals surface area contributed by atoms with Crippen LogP contribution in [0, 0.1) is 0 Å². The van der Waals surface area contributed by atoms with E-state index in [1.54, 1.807) is 6.07 Å². The lowest BCUT2D eigenvalue weighted by molar-refractivity contribution is 0.174. The van der Waals surface area contributed by atoms with Gasteiger partial charge in [0.25, 0.3) is 0 Å². The standard InChI is InChI=1S/C25H23BrN2O4/c1-2-30-22-5-3-4-18(24(22)29)20-13-19(16-8-11-21-23(12-16)32-14-31-21)27-25(28-20)15-6-9-17(26)10-7-15/h3-12,20,25,28-29H,2,13-14H2,1H3/t20-,25+/m0/s1. The number of nitrogens with one attached hydrogen (secondary N) is 1. The van der Waals surface area contributed by atoms with Gasteiger partial charge in [0.15, 0.2) is 23.0 Å². The first-order chi connectivity index (χ1) is 15.6. The predicted molar refractivity (Wildman–Crippen MR) is 126 cm³/mol. The average Bonchev–Trinajstić information content (AvgIpc) is 3.29. The van der Waals surface area contributed by atoms with Gasteiger partial charge in [0.05, 0.1) is 6.61 Å². The van der Waals surface area contributed by atoms with Crippen LogP contribution in [-0.4, -0.2) is 24.2 Å². The van der Waals surface area contributed by atoms with Gasteiger partial charge in [0.1, 0.15) is 6.17 Å². The molecule has 7 heteroatoms. The van der Waals surface area contributed by atoms with E-state index in [1.807, 2.05) is 61.5 Å². The van der Waals surface area contributed by atoms with Crippen molar-refractivity contribution >= 4 is 21.6 Å². The topological polar surface area (TPSA) is 72.3 Å². The van der Waals surface area contributed by atoms with Gasteiger partial charge in [-0.15, -0.1) is 0 Å². The number of para-hydroxylation sites is 1. The lowest BCUT2D eigenvalue weighted by Crippen LogP contribution is -2.33. The zero-order valence-corrected chi connectivity index (χ0v) is 19.1. The van der Waals surface area contributed by atoms with Gasteiger partial charge in [-0.2, -0.15) is 0 Å². The van der Waals surface area contributed by atoms with Crippen LogP contribution in [0.25, 0.3) is 0 Å². The van der Waals surface area contributed by atoms with Gasteiger partial charge in [0.2, 0.25) is 6.79 Å². The van der Waals surface area contributed by atoms with E-state index in [2.05, 4.69) is 21.2 Å². The molecule has 2 atom stereocenters. The van der Waals surface area contributed by atoms with E-state index >= 15 is 0 Å². The molecule has 2 aliphatic rings. The molecule has 0 unspecified atom stereocenters. The number of aromatic hydroxyl groups is 1. The van der Waals surface area contributed by atoms with Crippen molar-refractivity contribution in [3.8, 4) is 23.0 Å². The first kappa shape index (κ1) is 20.8. The molecule has 2 aliphatic heterocycles. The maximum atomic E-state index is 10.9. The molecule has 0 fully saturated rings. The summed E-state index contributed by atoms with van der Waals surface area (Å²) in [6.45, 7) is 2.62. The minimum Gasteiger partial charge on any atom is -0.504 e. The van der Waals surface area contributed by atoms with E-state index < -0.39 is 0 Å². The molecule has 0 aliphatic carbocycles. The SMILES string of the molecule is CCOc1cccc([C@@H]2CC(c3ccc4c(c3)OCO4)=N[C@@H](c3ccc(Br)cc3)N2)c1O. The fraction of sp³-hybridized carbons (Fsp3) is 0.240. The zero-order valence-electron chi connectivity index (χ0n) is 17.5. The van der Waals surface area contributed by atoms with Crippen LogP contribution in [0.5, 0.6) is 23.0 Å². The normalized spacial score (nSPS) is 19.5. The van der Waals surface area contributed by atoms with E-state index in [0.29, 0.717) is 18.8 Å². The summed E-state index contributed by atoms with van der Waals surface area (Å²) in [6, 6.07) is 19.4. The van der Waals surface area contributed by atoms with E-state index in [1.165, 1.54) is 0 Å². The van der Waals surface area contributed by atoms with Gasteiger partial charge in [0, 0.05) is 28.2 Å². The zero-order chi connectivity index (χ0) is 22.1. The quantitative estimate of drug-likeness (QED) is 0.489. The molecule has 0 amide bonds. The number of aliphatic imine (C=N–C) groups is 1. The Balaban J connectivity index is 1.55. The molecule has 164 valence electrons. The number of nitrogens with zero attached hydrogens (tertiary/aromatic N) is 1. The van der Waals surface area contributed by atoms with Gasteiger partial charge < -0.3 is 19.3 Å². The summed E-state index contributed by atoms with van der Waals surface area (Å²) >= 11 is 3.50. The lowest BCUT2D eigenvalue weighted by Gasteiger charge is -2.31. The molecule has 2 heterocycles. The van der Waals surface area contributed by atoms with Gasteiger partial charge in [-0.05, 0) is 54.4 Å². The number of ether oxygens (including phenoxy) is 3. The summed E-state index contributed by atoms with van der Waals surface area (Å²) in [5.74, 6) is 2.11. The van der Waals surface area contributed by atoms with E-state index in [9.17, 15) is 5.11 Å². The molecular formula is C25H23BrN2O4. The Bertz CT molecular complexity index is 1160. The van der Waals surface area contributed by atoms with Crippen LogP contribution >= 0.6 is 15.9 Å². The average molecular weight is 495 g/mol. The van der Waals surface area contributed by atoms with Crippen LogP contribution in [0.4, 0.5) is 0 Å². The number of halogens is 1. The Morgan fingerprint density at radius 2 is 1.91 bits per heavy atom. The second-order valence-electron chi connectivity index (χ2n) is 7.65. The molecule has 0 bridgehead atoms. The highest BCUT2D eigenvalue weighted by atomic mass is 79.9. The molecule has 6 nitrogen and oxygen atoms in total. The van der Waals surface area contributed by atoms with Crippen molar-refractivity contribution in [1.29, 1.82) is 0 Å². The van der Waals surface area contributed by atoms with Crippen LogP contribution in [0.2, 0.25) is 0 Å². The summed E-state index contributed by atoms with van der Waals surface area (Å²) in [5, 5.41) is 14.5. The first-order valence-corrected chi connectivity index (χ1v) is 11.3. The van der Waals surface area contributed by atoms with Crippen molar-refractivity contribution in [3.05, 3.63) is 81.8 Å². The van der Waals surface area contributed by atoms with Crippen LogP contribution in [0.15, 0.2) is 70.1 Å². The largest absolute Gasteiger partial charge is 0.504 e. The Morgan fingerprint density at radius 3 is 2.72 bits per heavy atom. The van der Waals surface area contributed by atoms with Gasteiger partial charge in [-0.25, -0.2) is 0 Å². The number of hydrogen-bond donors (Lipinski definition) is 2. The van der Waals surface area contributed by atoms with Crippen molar-refractivity contribution in [3.63, 3.8) is 0 Å². The maximum Gasteiger partial charge on any atom is 0.231 e. The minimum absolute atomic E-state index is 0.151. The third-order valence-electron chi connectivity index (χ3n) is 5.64. The van der Waals surface area contributed by atoms with E-state index in [0.717, 1.165) is 38.4 Å². The lowest BCUT2D eigenvalue weighted by atomic mass is 9.93. The number of phenolic OH excluding ortho intramolecular Hbond substituents is 1. The molecule has 32 heavy (non-hydrogen) atoms. The summed E-state index contributed by atoms with van der Waals surface area (Å²) < 4.78 is 17.7. The molecule has 0 spiro atoms. The number of benzene rings is 3. The monoisotopic (exact) mass is 494 g/mol. The van der Waals surface area contributed by atoms with Crippen molar-refractivity contribution in [2.45, 2.75) is 25.6 Å². The summed E-state index contributed by atoms with van der Waals surface area (Å²) in [4.78, 5) is 5.02. The highest BCUT2D eigenvalue weighted by Gasteiger charge is 2.29. The number of fused-ring (bicyclic) bond motifs is 1. The smallest absolute Gasteiger partial charge is 0.231 e. The first-order valence-electron chi connectivity index (χ1n) is 10.5. The van der Waals surface area contributed by atoms with E-state index in [-0.39, 0.29) is 24.8 Å². The minimum atomic E-state index is -0.266. The van der Waals surface area contributed by atoms with Crippen molar-refractivity contribution in [1.82, 2.24) is 5.32 Å². The second kappa shape index (κ2) is 8.84. The Kier molecular flexibility index (Phi) is 5.76. The third-order valence-corrected chi connectivity index (χ3v) is 6.17. The maximum absolute atomic E-state index is 10.9. The Hall–Kier alpha value is -3.03. The molecular weight excluding hydrogens is 472 g/mol. The molecule has 3 aromatic carbocycles. The molecule has 0 aromatic heterocycles. The van der Waals surface area contributed by atoms with Crippen molar-refractivity contribution < 1.29 is 19.3 Å². The third kappa shape index (κ3) is 4.06. The van der Waals surface area contributed by atoms with Crippen LogP contribution in [-0.2, 0) is 0 Å². The van der Waals surface area contributed by atoms with Gasteiger partial charge >= 0.3 is 0 Å². The molecule has 3 aromatic rings. The van der Waals surface area contributed by atoms with Gasteiger partial charge in [-0.1, -0.05) is 40.2 Å². The second-order valence-corrected chi connectivity index (χ2v) is 8.56. The molecule has 0 radical (unpaired) electrons. The number of phenols is 1. The van der Waals surface area contributed by atoms with E-state index in [4.69, 9.17) is 19.2 Å². The predicted octanol–water partition coefficient (Wildman–Crippen LogP) is 5.50. The Morgan fingerprint density at radius 1 is 1.09 bits per heavy atom.